The van der Waals surface area contributed by atoms with Gasteiger partial charge in [-0.15, -0.1) is 0 Å². The van der Waals surface area contributed by atoms with Crippen molar-refractivity contribution in [2.45, 2.75) is 19.9 Å². The van der Waals surface area contributed by atoms with Gasteiger partial charge in [-0.3, -0.25) is 9.59 Å². The van der Waals surface area contributed by atoms with Crippen molar-refractivity contribution >= 4 is 38.3 Å². The minimum atomic E-state index is -0.348. The van der Waals surface area contributed by atoms with Gasteiger partial charge in [-0.25, -0.2) is 4.68 Å². The van der Waals surface area contributed by atoms with Crippen LogP contribution in [0.15, 0.2) is 57.8 Å². The van der Waals surface area contributed by atoms with Crippen molar-refractivity contribution in [2.75, 3.05) is 5.32 Å². The summed E-state index contributed by atoms with van der Waals surface area (Å²) < 4.78 is 2.21. The van der Waals surface area contributed by atoms with Crippen LogP contribution in [0.1, 0.15) is 30.4 Å². The molecule has 0 bridgehead atoms. The molecular formula is C18H16BrN3O2. The molecule has 1 aromatic heterocycles. The third-order valence-electron chi connectivity index (χ3n) is 3.62. The van der Waals surface area contributed by atoms with E-state index >= 15 is 0 Å². The number of hydrogen-bond acceptors (Lipinski definition) is 3. The van der Waals surface area contributed by atoms with Crippen LogP contribution in [0.4, 0.5) is 5.69 Å². The zero-order valence-electron chi connectivity index (χ0n) is 13.3. The molecule has 1 heterocycles. The number of rotatable bonds is 3. The van der Waals surface area contributed by atoms with Crippen molar-refractivity contribution in [3.05, 3.63) is 69.1 Å². The predicted octanol–water partition coefficient (Wildman–Crippen LogP) is 3.99. The fourth-order valence-electron chi connectivity index (χ4n) is 2.48. The van der Waals surface area contributed by atoms with E-state index in [2.05, 4.69) is 26.3 Å². The lowest BCUT2D eigenvalue weighted by molar-refractivity contribution is 0.102. The normalized spacial score (nSPS) is 11.0. The first-order valence-electron chi connectivity index (χ1n) is 7.56. The minimum absolute atomic E-state index is 0.139. The molecule has 24 heavy (non-hydrogen) atoms. The summed E-state index contributed by atoms with van der Waals surface area (Å²) in [4.78, 5) is 25.2. The van der Waals surface area contributed by atoms with Crippen molar-refractivity contribution < 1.29 is 4.79 Å². The molecule has 1 amide bonds. The molecule has 1 N–H and O–H groups in total. The molecule has 6 heteroatoms. The fraction of sp³-hybridized carbons (Fsp3) is 0.167. The van der Waals surface area contributed by atoms with E-state index in [4.69, 9.17) is 0 Å². The third-order valence-corrected chi connectivity index (χ3v) is 4.11. The van der Waals surface area contributed by atoms with Crippen molar-refractivity contribution in [1.29, 1.82) is 0 Å². The first kappa shape index (κ1) is 16.4. The number of carbonyl (C=O) groups excluding carboxylic acids is 1. The van der Waals surface area contributed by atoms with Gasteiger partial charge in [0.05, 0.1) is 11.4 Å². The summed E-state index contributed by atoms with van der Waals surface area (Å²) in [5.74, 6) is -0.348. The Labute approximate surface area is 147 Å². The largest absolute Gasteiger partial charge is 0.321 e. The molecule has 3 rings (SSSR count). The summed E-state index contributed by atoms with van der Waals surface area (Å²) in [7, 11) is 0. The number of aromatic nitrogens is 2. The molecule has 3 aromatic rings. The predicted molar refractivity (Wildman–Crippen MR) is 98.5 cm³/mol. The van der Waals surface area contributed by atoms with E-state index < -0.39 is 0 Å². The Morgan fingerprint density at radius 3 is 2.50 bits per heavy atom. The Balaban J connectivity index is 2.13. The summed E-state index contributed by atoms with van der Waals surface area (Å²) in [5, 5.41) is 8.16. The van der Waals surface area contributed by atoms with Crippen molar-refractivity contribution in [1.82, 2.24) is 9.78 Å². The highest BCUT2D eigenvalue weighted by atomic mass is 79.9. The van der Waals surface area contributed by atoms with Gasteiger partial charge in [0.2, 0.25) is 0 Å². The molecular weight excluding hydrogens is 370 g/mol. The second-order valence-corrected chi connectivity index (χ2v) is 6.62. The third kappa shape index (κ3) is 3.10. The van der Waals surface area contributed by atoms with Crippen LogP contribution in [-0.4, -0.2) is 15.7 Å². The Hall–Kier alpha value is -2.47. The van der Waals surface area contributed by atoms with Gasteiger partial charge in [0, 0.05) is 15.5 Å². The van der Waals surface area contributed by atoms with Crippen LogP contribution < -0.4 is 10.9 Å². The maximum atomic E-state index is 12.7. The average Bonchev–Trinajstić information content (AvgIpc) is 2.55. The Morgan fingerprint density at radius 2 is 1.83 bits per heavy atom. The molecule has 0 aliphatic rings. The van der Waals surface area contributed by atoms with E-state index in [0.29, 0.717) is 16.5 Å². The summed E-state index contributed by atoms with van der Waals surface area (Å²) in [6.45, 7) is 3.72. The number of anilines is 1. The van der Waals surface area contributed by atoms with Gasteiger partial charge < -0.3 is 5.32 Å². The van der Waals surface area contributed by atoms with Crippen molar-refractivity contribution in [2.24, 2.45) is 0 Å². The summed E-state index contributed by atoms with van der Waals surface area (Å²) >= 11 is 3.38. The molecule has 0 aliphatic heterocycles. The van der Waals surface area contributed by atoms with Crippen molar-refractivity contribution in [3.8, 4) is 0 Å². The van der Waals surface area contributed by atoms with E-state index in [1.165, 1.54) is 4.68 Å². The van der Waals surface area contributed by atoms with Crippen LogP contribution in [-0.2, 0) is 0 Å². The van der Waals surface area contributed by atoms with Crippen LogP contribution in [0.3, 0.4) is 0 Å². The Kier molecular flexibility index (Phi) is 4.49. The number of benzene rings is 2. The van der Waals surface area contributed by atoms with E-state index in [-0.39, 0.29) is 23.2 Å². The molecule has 0 spiro atoms. The molecule has 0 saturated carbocycles. The molecule has 0 fully saturated rings. The van der Waals surface area contributed by atoms with Crippen LogP contribution >= 0.6 is 15.9 Å². The molecule has 5 nitrogen and oxygen atoms in total. The maximum Gasteiger partial charge on any atom is 0.276 e. The lowest BCUT2D eigenvalue weighted by Gasteiger charge is -2.13. The highest BCUT2D eigenvalue weighted by molar-refractivity contribution is 9.10. The number of carbonyl (C=O) groups is 1. The van der Waals surface area contributed by atoms with E-state index in [9.17, 15) is 9.59 Å². The SMILES string of the molecule is CC(C)n1nc(C(=O)Nc2cccc(Br)c2)c2ccccc2c1=O. The minimum Gasteiger partial charge on any atom is -0.321 e. The van der Waals surface area contributed by atoms with Gasteiger partial charge in [-0.1, -0.05) is 40.2 Å². The smallest absolute Gasteiger partial charge is 0.276 e. The quantitative estimate of drug-likeness (QED) is 0.740. The zero-order chi connectivity index (χ0) is 17.3. The zero-order valence-corrected chi connectivity index (χ0v) is 14.9. The van der Waals surface area contributed by atoms with E-state index in [1.807, 2.05) is 26.0 Å². The molecule has 0 atom stereocenters. The number of nitrogens with one attached hydrogen (secondary N) is 1. The summed E-state index contributed by atoms with van der Waals surface area (Å²) in [6, 6.07) is 14.2. The van der Waals surface area contributed by atoms with Crippen LogP contribution in [0.2, 0.25) is 0 Å². The summed E-state index contributed by atoms with van der Waals surface area (Å²) in [5.41, 5.74) is 0.695. The molecule has 2 aromatic carbocycles. The van der Waals surface area contributed by atoms with E-state index in [1.54, 1.807) is 36.4 Å². The molecule has 0 unspecified atom stereocenters. The molecule has 0 saturated heterocycles. The van der Waals surface area contributed by atoms with Gasteiger partial charge in [0.15, 0.2) is 5.69 Å². The number of fused-ring (bicyclic) bond motifs is 1. The standard InChI is InChI=1S/C18H16BrN3O2/c1-11(2)22-18(24)15-9-4-3-8-14(15)16(21-22)17(23)20-13-7-5-6-12(19)10-13/h3-11H,1-2H3,(H,20,23). The number of amides is 1. The number of halogens is 1. The average molecular weight is 386 g/mol. The molecule has 122 valence electrons. The number of nitrogens with zero attached hydrogens (tertiary/aromatic N) is 2. The summed E-state index contributed by atoms with van der Waals surface area (Å²) in [6.07, 6.45) is 0. The first-order chi connectivity index (χ1) is 11.5. The molecule has 0 aliphatic carbocycles. The lowest BCUT2D eigenvalue weighted by Crippen LogP contribution is -2.28. The van der Waals surface area contributed by atoms with Crippen molar-refractivity contribution in [3.63, 3.8) is 0 Å². The lowest BCUT2D eigenvalue weighted by atomic mass is 10.1. The van der Waals surface area contributed by atoms with Gasteiger partial charge in [-0.2, -0.15) is 5.10 Å². The highest BCUT2D eigenvalue weighted by Crippen LogP contribution is 2.19. The topological polar surface area (TPSA) is 64.0 Å². The van der Waals surface area contributed by atoms with Gasteiger partial charge >= 0.3 is 0 Å². The van der Waals surface area contributed by atoms with E-state index in [0.717, 1.165) is 4.47 Å². The highest BCUT2D eigenvalue weighted by Gasteiger charge is 2.17. The van der Waals surface area contributed by atoms with Gasteiger partial charge in [0.1, 0.15) is 0 Å². The van der Waals surface area contributed by atoms with Gasteiger partial charge in [0.25, 0.3) is 11.5 Å². The maximum absolute atomic E-state index is 12.7. The first-order valence-corrected chi connectivity index (χ1v) is 8.35. The van der Waals surface area contributed by atoms with Gasteiger partial charge in [-0.05, 0) is 38.1 Å². The number of hydrogen-bond donors (Lipinski definition) is 1. The second kappa shape index (κ2) is 6.57. The fourth-order valence-corrected chi connectivity index (χ4v) is 2.88. The molecule has 0 radical (unpaired) electrons. The van der Waals surface area contributed by atoms with Crippen LogP contribution in [0.5, 0.6) is 0 Å². The second-order valence-electron chi connectivity index (χ2n) is 5.70. The monoisotopic (exact) mass is 385 g/mol. The Morgan fingerprint density at radius 1 is 1.12 bits per heavy atom. The Bertz CT molecular complexity index is 979. The van der Waals surface area contributed by atoms with Crippen LogP contribution in [0, 0.1) is 0 Å². The van der Waals surface area contributed by atoms with Crippen LogP contribution in [0.25, 0.3) is 10.8 Å².